The van der Waals surface area contributed by atoms with Gasteiger partial charge in [-0.2, -0.15) is 0 Å². The first-order chi connectivity index (χ1) is 12.8. The Bertz CT molecular complexity index is 590. The molecule has 0 saturated heterocycles. The molecule has 0 aliphatic heterocycles. The molecule has 6 N–H and O–H groups in total. The predicted molar refractivity (Wildman–Crippen MR) is 98.6 cm³/mol. The number of carbonyl (C=O) groups is 3. The molecule has 27 heavy (non-hydrogen) atoms. The monoisotopic (exact) mass is 384 g/mol. The fraction of sp³-hybridized carbons (Fsp3) is 0.500. The zero-order valence-corrected chi connectivity index (χ0v) is 15.7. The topological polar surface area (TPSA) is 156 Å². The maximum absolute atomic E-state index is 12.1. The van der Waals surface area contributed by atoms with Gasteiger partial charge in [-0.1, -0.05) is 13.8 Å². The lowest BCUT2D eigenvalue weighted by atomic mass is 10.0. The summed E-state index contributed by atoms with van der Waals surface area (Å²) in [6, 6.07) is 3.87. The van der Waals surface area contributed by atoms with Crippen LogP contribution in [0.15, 0.2) is 18.2 Å². The number of hydrogen-bond donors (Lipinski definition) is 6. The molecule has 9 nitrogen and oxygen atoms in total. The highest BCUT2D eigenvalue weighted by Gasteiger charge is 2.16. The summed E-state index contributed by atoms with van der Waals surface area (Å²) in [5.41, 5.74) is 0.208. The van der Waals surface area contributed by atoms with Crippen LogP contribution in [-0.4, -0.2) is 76.5 Å². The molecule has 0 spiro atoms. The third-order valence-corrected chi connectivity index (χ3v) is 3.28. The molecule has 0 saturated carbocycles. The van der Waals surface area contributed by atoms with Crippen LogP contribution in [0, 0.1) is 0 Å². The Kier molecular flexibility index (Phi) is 11.8. The van der Waals surface area contributed by atoms with Crippen molar-refractivity contribution in [3.63, 3.8) is 0 Å². The van der Waals surface area contributed by atoms with Crippen LogP contribution < -0.4 is 10.6 Å². The van der Waals surface area contributed by atoms with E-state index in [-0.39, 0.29) is 35.6 Å². The number of aliphatic hydroxyl groups is 4. The van der Waals surface area contributed by atoms with Crippen LogP contribution in [0.2, 0.25) is 0 Å². The Morgan fingerprint density at radius 1 is 0.815 bits per heavy atom. The van der Waals surface area contributed by atoms with Gasteiger partial charge >= 0.3 is 0 Å². The summed E-state index contributed by atoms with van der Waals surface area (Å²) in [4.78, 5) is 35.8. The molecule has 2 unspecified atom stereocenters. The van der Waals surface area contributed by atoms with Crippen LogP contribution in [0.1, 0.15) is 51.8 Å². The minimum absolute atomic E-state index is 0.0331. The van der Waals surface area contributed by atoms with Crippen LogP contribution in [0.3, 0.4) is 0 Å². The van der Waals surface area contributed by atoms with Crippen molar-refractivity contribution in [3.8, 4) is 0 Å². The number of aliphatic hydroxyl groups excluding tert-OH is 4. The standard InChI is InChI=1S/C16H22N2O7.C2H6/c1-9(21)10-2-11(15(24)17-5-13(22)7-19)4-12(3-10)16(25)18-6-14(23)8-20;1-2/h2-4,13-14,19-20,22-23H,5-8H2,1H3,(H,17,24)(H,18,25);1-2H3. The Morgan fingerprint density at radius 3 is 1.44 bits per heavy atom. The summed E-state index contributed by atoms with van der Waals surface area (Å²) in [6.07, 6.45) is -2.25. The largest absolute Gasteiger partial charge is 0.394 e. The maximum atomic E-state index is 12.1. The minimum Gasteiger partial charge on any atom is -0.394 e. The summed E-state index contributed by atoms with van der Waals surface area (Å²) < 4.78 is 0. The van der Waals surface area contributed by atoms with Gasteiger partial charge in [-0.15, -0.1) is 0 Å². The molecule has 152 valence electrons. The molecule has 9 heteroatoms. The van der Waals surface area contributed by atoms with Gasteiger partial charge in [0.15, 0.2) is 5.78 Å². The number of hydrogen-bond acceptors (Lipinski definition) is 7. The summed E-state index contributed by atoms with van der Waals surface area (Å²) in [6.45, 7) is 3.86. The van der Waals surface area contributed by atoms with Gasteiger partial charge in [0.05, 0.1) is 25.4 Å². The molecule has 0 heterocycles. The van der Waals surface area contributed by atoms with Gasteiger partial charge in [-0.05, 0) is 25.1 Å². The van der Waals surface area contributed by atoms with Gasteiger partial charge in [-0.25, -0.2) is 0 Å². The number of amides is 2. The Hall–Kier alpha value is -2.33. The molecular formula is C18H28N2O7. The van der Waals surface area contributed by atoms with Crippen LogP contribution in [0.5, 0.6) is 0 Å². The summed E-state index contributed by atoms with van der Waals surface area (Å²) in [5.74, 6) is -1.60. The average molecular weight is 384 g/mol. The second kappa shape index (κ2) is 12.9. The highest BCUT2D eigenvalue weighted by molar-refractivity contribution is 6.04. The van der Waals surface area contributed by atoms with E-state index in [2.05, 4.69) is 10.6 Å². The van der Waals surface area contributed by atoms with Crippen molar-refractivity contribution >= 4 is 17.6 Å². The Balaban J connectivity index is 0.00000326. The first-order valence-corrected chi connectivity index (χ1v) is 8.58. The smallest absolute Gasteiger partial charge is 0.251 e. The van der Waals surface area contributed by atoms with Crippen LogP contribution >= 0.6 is 0 Å². The van der Waals surface area contributed by atoms with Crippen molar-refractivity contribution in [1.82, 2.24) is 10.6 Å². The molecule has 1 aromatic rings. The average Bonchev–Trinajstić information content (AvgIpc) is 2.70. The number of carbonyl (C=O) groups excluding carboxylic acids is 3. The number of ketones is 1. The van der Waals surface area contributed by atoms with Gasteiger partial charge in [0, 0.05) is 29.8 Å². The van der Waals surface area contributed by atoms with Crippen molar-refractivity contribution < 1.29 is 34.8 Å². The van der Waals surface area contributed by atoms with Gasteiger partial charge < -0.3 is 31.1 Å². The van der Waals surface area contributed by atoms with Crippen molar-refractivity contribution in [2.75, 3.05) is 26.3 Å². The van der Waals surface area contributed by atoms with Crippen LogP contribution in [-0.2, 0) is 0 Å². The van der Waals surface area contributed by atoms with Crippen molar-refractivity contribution in [2.24, 2.45) is 0 Å². The van der Waals surface area contributed by atoms with E-state index in [1.165, 1.54) is 25.1 Å². The normalized spacial score (nSPS) is 12.3. The molecule has 0 fully saturated rings. The van der Waals surface area contributed by atoms with Crippen molar-refractivity contribution in [2.45, 2.75) is 33.0 Å². The summed E-state index contributed by atoms with van der Waals surface area (Å²) in [5, 5.41) is 40.7. The predicted octanol–water partition coefficient (Wildman–Crippen LogP) is -0.919. The van der Waals surface area contributed by atoms with Crippen LogP contribution in [0.25, 0.3) is 0 Å². The molecule has 0 radical (unpaired) electrons. The highest BCUT2D eigenvalue weighted by Crippen LogP contribution is 2.12. The SMILES string of the molecule is CC.CC(=O)c1cc(C(=O)NCC(O)CO)cc(C(=O)NCC(O)CO)c1. The van der Waals surface area contributed by atoms with Gasteiger partial charge in [0.1, 0.15) is 0 Å². The first kappa shape index (κ1) is 24.7. The van der Waals surface area contributed by atoms with E-state index in [4.69, 9.17) is 10.2 Å². The Morgan fingerprint density at radius 2 is 1.15 bits per heavy atom. The van der Waals surface area contributed by atoms with E-state index in [1.54, 1.807) is 0 Å². The van der Waals surface area contributed by atoms with E-state index in [0.29, 0.717) is 0 Å². The van der Waals surface area contributed by atoms with Crippen LogP contribution in [0.4, 0.5) is 0 Å². The second-order valence-corrected chi connectivity index (χ2v) is 5.45. The zero-order chi connectivity index (χ0) is 21.0. The van der Waals surface area contributed by atoms with E-state index >= 15 is 0 Å². The number of Topliss-reactive ketones (excluding diaryl/α,β-unsaturated/α-hetero) is 1. The molecular weight excluding hydrogens is 356 g/mol. The fourth-order valence-corrected chi connectivity index (χ4v) is 1.85. The molecule has 1 aromatic carbocycles. The van der Waals surface area contributed by atoms with Gasteiger partial charge in [0.25, 0.3) is 11.8 Å². The highest BCUT2D eigenvalue weighted by atomic mass is 16.3. The molecule has 2 atom stereocenters. The summed E-state index contributed by atoms with van der Waals surface area (Å²) in [7, 11) is 0. The van der Waals surface area contributed by atoms with Crippen molar-refractivity contribution in [3.05, 3.63) is 34.9 Å². The van der Waals surface area contributed by atoms with Gasteiger partial charge in [0.2, 0.25) is 0 Å². The Labute approximate surface area is 158 Å². The summed E-state index contributed by atoms with van der Waals surface area (Å²) >= 11 is 0. The second-order valence-electron chi connectivity index (χ2n) is 5.45. The molecule has 2 amide bonds. The van der Waals surface area contributed by atoms with E-state index in [9.17, 15) is 24.6 Å². The number of rotatable bonds is 9. The van der Waals surface area contributed by atoms with E-state index in [0.717, 1.165) is 0 Å². The minimum atomic E-state index is -1.12. The molecule has 0 aliphatic carbocycles. The van der Waals surface area contributed by atoms with E-state index in [1.807, 2.05) is 13.8 Å². The van der Waals surface area contributed by atoms with Crippen molar-refractivity contribution in [1.29, 1.82) is 0 Å². The molecule has 0 aliphatic rings. The third-order valence-electron chi connectivity index (χ3n) is 3.28. The lowest BCUT2D eigenvalue weighted by Gasteiger charge is -2.12. The first-order valence-electron chi connectivity index (χ1n) is 8.58. The molecule has 1 rings (SSSR count). The zero-order valence-electron chi connectivity index (χ0n) is 15.7. The molecule has 0 aromatic heterocycles. The number of nitrogens with one attached hydrogen (secondary N) is 2. The lowest BCUT2D eigenvalue weighted by molar-refractivity contribution is 0.0800. The number of benzene rings is 1. The third kappa shape index (κ3) is 8.74. The van der Waals surface area contributed by atoms with Gasteiger partial charge in [-0.3, -0.25) is 14.4 Å². The maximum Gasteiger partial charge on any atom is 0.251 e. The quantitative estimate of drug-likeness (QED) is 0.301. The van der Waals surface area contributed by atoms with E-state index < -0.39 is 37.2 Å². The molecule has 0 bridgehead atoms. The lowest BCUT2D eigenvalue weighted by Crippen LogP contribution is -2.35. The fourth-order valence-electron chi connectivity index (χ4n) is 1.85.